The van der Waals surface area contributed by atoms with Crippen LogP contribution in [0.5, 0.6) is 0 Å². The van der Waals surface area contributed by atoms with Crippen molar-refractivity contribution in [2.24, 2.45) is 0 Å². The molecule has 0 aliphatic carbocycles. The van der Waals surface area contributed by atoms with Crippen molar-refractivity contribution in [2.75, 3.05) is 18.9 Å². The van der Waals surface area contributed by atoms with E-state index >= 15 is 0 Å². The maximum Gasteiger partial charge on any atom is 0.341 e. The Kier molecular flexibility index (Phi) is 4.87. The molecule has 5 N–H and O–H groups in total. The number of hydrogen-bond donors (Lipinski definition) is 4. The third-order valence-electron chi connectivity index (χ3n) is 4.53. The van der Waals surface area contributed by atoms with E-state index in [9.17, 15) is 20.1 Å². The van der Waals surface area contributed by atoms with Gasteiger partial charge in [0.15, 0.2) is 17.7 Å². The molecule has 3 aromatic heterocycles. The van der Waals surface area contributed by atoms with Crippen molar-refractivity contribution in [1.82, 2.24) is 29.3 Å². The van der Waals surface area contributed by atoms with Gasteiger partial charge in [0.25, 0.3) is 5.95 Å². The van der Waals surface area contributed by atoms with Crippen LogP contribution >= 0.6 is 0 Å². The first kappa shape index (κ1) is 19.2. The summed E-state index contributed by atoms with van der Waals surface area (Å²) in [7, 11) is 0. The van der Waals surface area contributed by atoms with E-state index in [-0.39, 0.29) is 35.1 Å². The Morgan fingerprint density at radius 1 is 1.34 bits per heavy atom. The highest BCUT2D eigenvalue weighted by Crippen LogP contribution is 2.32. The number of nitrogen functional groups attached to an aromatic ring is 1. The number of carbonyl (C=O) groups excluding carboxylic acids is 1. The lowest BCUT2D eigenvalue weighted by atomic mass is 10.1. The van der Waals surface area contributed by atoms with Gasteiger partial charge < -0.3 is 30.5 Å². The molecule has 0 amide bonds. The molecule has 4 atom stereocenters. The largest absolute Gasteiger partial charge is 0.462 e. The third-order valence-corrected chi connectivity index (χ3v) is 4.53. The maximum absolute atomic E-state index is 11.8. The smallest absolute Gasteiger partial charge is 0.341 e. The molecular weight excluding hydrogens is 386 g/mol. The number of carbonyl (C=O) groups is 1. The number of imidazole rings is 1. The number of nitrogens with two attached hydrogens (primary N) is 1. The van der Waals surface area contributed by atoms with Gasteiger partial charge in [-0.25, -0.2) is 14.5 Å². The first-order valence-electron chi connectivity index (χ1n) is 8.79. The number of ether oxygens (including phenoxy) is 2. The lowest BCUT2D eigenvalue weighted by Crippen LogP contribution is -2.33. The van der Waals surface area contributed by atoms with Gasteiger partial charge in [0.2, 0.25) is 0 Å². The van der Waals surface area contributed by atoms with Gasteiger partial charge >= 0.3 is 5.97 Å². The van der Waals surface area contributed by atoms with Crippen LogP contribution in [0.25, 0.3) is 17.1 Å². The molecule has 0 radical (unpaired) electrons. The summed E-state index contributed by atoms with van der Waals surface area (Å²) < 4.78 is 13.1. The van der Waals surface area contributed by atoms with Crippen LogP contribution in [0.2, 0.25) is 0 Å². The molecular formula is C16H19N7O6. The molecule has 1 fully saturated rings. The Bertz CT molecular complexity index is 1050. The zero-order valence-corrected chi connectivity index (χ0v) is 15.3. The number of esters is 1. The molecule has 1 aliphatic heterocycles. The van der Waals surface area contributed by atoms with Crippen LogP contribution in [-0.4, -0.2) is 82.1 Å². The second-order valence-corrected chi connectivity index (χ2v) is 6.36. The van der Waals surface area contributed by atoms with E-state index in [1.165, 1.54) is 28.0 Å². The van der Waals surface area contributed by atoms with Crippen LogP contribution < -0.4 is 5.73 Å². The molecule has 0 aromatic carbocycles. The fraction of sp³-hybridized carbons (Fsp3) is 0.438. The van der Waals surface area contributed by atoms with Crippen molar-refractivity contribution >= 4 is 23.0 Å². The normalized spacial score (nSPS) is 24.3. The average Bonchev–Trinajstić information content (AvgIpc) is 3.41. The van der Waals surface area contributed by atoms with Gasteiger partial charge in [0.05, 0.1) is 31.3 Å². The monoisotopic (exact) mass is 405 g/mol. The minimum Gasteiger partial charge on any atom is -0.462 e. The lowest BCUT2D eigenvalue weighted by molar-refractivity contribution is -0.0511. The molecule has 4 heterocycles. The van der Waals surface area contributed by atoms with Gasteiger partial charge in [-0.15, -0.1) is 0 Å². The number of nitrogens with zero attached hydrogens (tertiary/aromatic N) is 6. The fourth-order valence-corrected chi connectivity index (χ4v) is 3.08. The maximum atomic E-state index is 11.8. The molecule has 4 rings (SSSR count). The summed E-state index contributed by atoms with van der Waals surface area (Å²) >= 11 is 0. The van der Waals surface area contributed by atoms with Crippen molar-refractivity contribution in [2.45, 2.75) is 31.5 Å². The number of anilines is 1. The second kappa shape index (κ2) is 7.36. The van der Waals surface area contributed by atoms with E-state index in [1.54, 1.807) is 6.92 Å². The average molecular weight is 405 g/mol. The molecule has 13 nitrogen and oxygen atoms in total. The second-order valence-electron chi connectivity index (χ2n) is 6.36. The topological polar surface area (TPSA) is 184 Å². The predicted molar refractivity (Wildman–Crippen MR) is 95.8 cm³/mol. The minimum atomic E-state index is -1.32. The van der Waals surface area contributed by atoms with E-state index in [4.69, 9.17) is 15.2 Å². The number of hydrogen-bond acceptors (Lipinski definition) is 11. The van der Waals surface area contributed by atoms with Gasteiger partial charge in [-0.1, -0.05) is 0 Å². The van der Waals surface area contributed by atoms with Crippen LogP contribution in [-0.2, 0) is 9.47 Å². The van der Waals surface area contributed by atoms with Gasteiger partial charge in [-0.2, -0.15) is 15.1 Å². The zero-order chi connectivity index (χ0) is 20.7. The summed E-state index contributed by atoms with van der Waals surface area (Å²) in [6.45, 7) is 1.45. The molecule has 1 unspecified atom stereocenters. The molecule has 3 aromatic rings. The van der Waals surface area contributed by atoms with E-state index in [0.29, 0.717) is 0 Å². The quantitative estimate of drug-likeness (QED) is 0.358. The Balaban J connectivity index is 1.74. The van der Waals surface area contributed by atoms with Gasteiger partial charge in [0, 0.05) is 6.20 Å². The van der Waals surface area contributed by atoms with Crippen molar-refractivity contribution in [3.05, 3.63) is 24.3 Å². The van der Waals surface area contributed by atoms with Crippen LogP contribution in [0.1, 0.15) is 23.5 Å². The summed E-state index contributed by atoms with van der Waals surface area (Å²) in [6, 6.07) is 0. The molecule has 29 heavy (non-hydrogen) atoms. The minimum absolute atomic E-state index is 0.0451. The molecule has 1 aliphatic rings. The Morgan fingerprint density at radius 2 is 2.14 bits per heavy atom. The molecule has 154 valence electrons. The van der Waals surface area contributed by atoms with Crippen LogP contribution in [0.3, 0.4) is 0 Å². The first-order chi connectivity index (χ1) is 13.9. The van der Waals surface area contributed by atoms with E-state index < -0.39 is 37.1 Å². The standard InChI is InChI=1S/C16H19N7O6/c1-2-28-15(27)7-3-19-23(4-7)16-20-12(17)9-13(21-16)22(6-18-9)14-11(26)10(25)8(5-24)29-14/h3-4,6,8,10-11,14,24-26H,2,5H2,1H3,(H2,17,20,21)/t8-,10-,11-,14?/m1/s1. The highest BCUT2D eigenvalue weighted by Gasteiger charge is 2.44. The fourth-order valence-electron chi connectivity index (χ4n) is 3.08. The number of aliphatic hydroxyl groups excluding tert-OH is 3. The summed E-state index contributed by atoms with van der Waals surface area (Å²) in [4.78, 5) is 24.5. The van der Waals surface area contributed by atoms with Crippen LogP contribution in [0, 0.1) is 0 Å². The number of aliphatic hydroxyl groups is 3. The van der Waals surface area contributed by atoms with Gasteiger partial charge in [0.1, 0.15) is 23.8 Å². The van der Waals surface area contributed by atoms with Crippen molar-refractivity contribution in [3.8, 4) is 5.95 Å². The van der Waals surface area contributed by atoms with Crippen molar-refractivity contribution in [3.63, 3.8) is 0 Å². The number of aromatic nitrogens is 6. The zero-order valence-electron chi connectivity index (χ0n) is 15.3. The van der Waals surface area contributed by atoms with E-state index in [1.807, 2.05) is 0 Å². The number of fused-ring (bicyclic) bond motifs is 1. The summed E-state index contributed by atoms with van der Waals surface area (Å²) in [5, 5.41) is 33.6. The lowest BCUT2D eigenvalue weighted by Gasteiger charge is -2.16. The molecule has 0 bridgehead atoms. The van der Waals surface area contributed by atoms with Crippen LogP contribution in [0.4, 0.5) is 5.82 Å². The number of rotatable bonds is 5. The highest BCUT2D eigenvalue weighted by molar-refractivity contribution is 5.89. The summed E-state index contributed by atoms with van der Waals surface area (Å²) in [5.41, 5.74) is 6.67. The molecule has 1 saturated heterocycles. The van der Waals surface area contributed by atoms with Crippen molar-refractivity contribution in [1.29, 1.82) is 0 Å². The Morgan fingerprint density at radius 3 is 2.83 bits per heavy atom. The highest BCUT2D eigenvalue weighted by atomic mass is 16.6. The molecule has 13 heteroatoms. The van der Waals surface area contributed by atoms with Gasteiger partial charge in [-0.05, 0) is 6.92 Å². The SMILES string of the molecule is CCOC(=O)c1cnn(-c2nc(N)c3ncn(C4O[C@H](CO)[C@@H](O)[C@H]4O)c3n2)c1. The predicted octanol–water partition coefficient (Wildman–Crippen LogP) is -1.62. The summed E-state index contributed by atoms with van der Waals surface area (Å²) in [6.07, 6.45) is -0.542. The first-order valence-corrected chi connectivity index (χ1v) is 8.79. The van der Waals surface area contributed by atoms with Crippen molar-refractivity contribution < 1.29 is 29.6 Å². The summed E-state index contributed by atoms with van der Waals surface area (Å²) in [5.74, 6) is -0.438. The van der Waals surface area contributed by atoms with Crippen LogP contribution in [0.15, 0.2) is 18.7 Å². The third kappa shape index (κ3) is 3.19. The Hall–Kier alpha value is -3.13. The van der Waals surface area contributed by atoms with Gasteiger partial charge in [-0.3, -0.25) is 4.57 Å². The van der Waals surface area contributed by atoms with E-state index in [0.717, 1.165) is 0 Å². The van der Waals surface area contributed by atoms with E-state index in [2.05, 4.69) is 20.1 Å². The molecule has 0 saturated carbocycles. The molecule has 0 spiro atoms. The Labute approximate surface area is 163 Å².